The minimum atomic E-state index is 0.0428. The van der Waals surface area contributed by atoms with E-state index in [0.717, 1.165) is 16.5 Å². The largest absolute Gasteiger partial charge is 0.395 e. The number of anilines is 1. The van der Waals surface area contributed by atoms with Crippen molar-refractivity contribution in [2.24, 2.45) is 0 Å². The van der Waals surface area contributed by atoms with Crippen LogP contribution in [0.5, 0.6) is 0 Å². The Hall–Kier alpha value is -2.60. The molecule has 0 aliphatic rings. The smallest absolute Gasteiger partial charge is 0.162 e. The quantitative estimate of drug-likeness (QED) is 0.745. The lowest BCUT2D eigenvalue weighted by molar-refractivity contribution is 0.311. The molecule has 0 saturated carbocycles. The summed E-state index contributed by atoms with van der Waals surface area (Å²) in [6.45, 7) is 0.478. The first-order valence-corrected chi connectivity index (χ1v) is 6.25. The van der Waals surface area contributed by atoms with Crippen molar-refractivity contribution in [1.82, 2.24) is 19.9 Å². The second-order valence-corrected chi connectivity index (χ2v) is 4.17. The molecule has 3 aromatic rings. The zero-order valence-electron chi connectivity index (χ0n) is 10.7. The van der Waals surface area contributed by atoms with E-state index in [1.165, 1.54) is 0 Å². The van der Waals surface area contributed by atoms with E-state index in [1.807, 2.05) is 18.2 Å². The Bertz CT molecular complexity index is 717. The third-order valence-corrected chi connectivity index (χ3v) is 2.84. The van der Waals surface area contributed by atoms with Gasteiger partial charge >= 0.3 is 0 Å². The lowest BCUT2D eigenvalue weighted by Gasteiger charge is -2.09. The highest BCUT2D eigenvalue weighted by molar-refractivity contribution is 5.89. The van der Waals surface area contributed by atoms with E-state index < -0.39 is 0 Å². The lowest BCUT2D eigenvalue weighted by atomic mass is 10.2. The molecule has 0 radical (unpaired) electrons. The first-order valence-electron chi connectivity index (χ1n) is 6.25. The molecule has 0 aliphatic heterocycles. The highest BCUT2D eigenvalue weighted by Gasteiger charge is 2.08. The summed E-state index contributed by atoms with van der Waals surface area (Å²) in [5.74, 6) is 1.30. The molecule has 2 N–H and O–H groups in total. The fourth-order valence-electron chi connectivity index (χ4n) is 1.92. The highest BCUT2D eigenvalue weighted by atomic mass is 16.3. The highest BCUT2D eigenvalue weighted by Crippen LogP contribution is 2.23. The van der Waals surface area contributed by atoms with E-state index in [2.05, 4.69) is 25.3 Å². The summed E-state index contributed by atoms with van der Waals surface area (Å²) in [5.41, 5.74) is 1.65. The average Bonchev–Trinajstić information content (AvgIpc) is 2.53. The van der Waals surface area contributed by atoms with Gasteiger partial charge in [-0.3, -0.25) is 9.97 Å². The molecule has 0 bridgehead atoms. The molecule has 6 heteroatoms. The summed E-state index contributed by atoms with van der Waals surface area (Å²) >= 11 is 0. The van der Waals surface area contributed by atoms with Crippen LogP contribution in [0.15, 0.2) is 43.0 Å². The van der Waals surface area contributed by atoms with Gasteiger partial charge < -0.3 is 10.4 Å². The van der Waals surface area contributed by atoms with Gasteiger partial charge in [-0.05, 0) is 18.2 Å². The molecule has 0 unspecified atom stereocenters. The van der Waals surface area contributed by atoms with Crippen molar-refractivity contribution in [2.45, 2.75) is 0 Å². The van der Waals surface area contributed by atoms with E-state index in [4.69, 9.17) is 5.11 Å². The number of nitrogens with zero attached hydrogens (tertiary/aromatic N) is 4. The Morgan fingerprint density at radius 3 is 2.60 bits per heavy atom. The van der Waals surface area contributed by atoms with E-state index in [-0.39, 0.29) is 6.61 Å². The van der Waals surface area contributed by atoms with Crippen molar-refractivity contribution in [2.75, 3.05) is 18.5 Å². The maximum absolute atomic E-state index is 8.96. The molecule has 0 spiro atoms. The van der Waals surface area contributed by atoms with Crippen LogP contribution in [0, 0.1) is 0 Å². The van der Waals surface area contributed by atoms with Gasteiger partial charge in [0.1, 0.15) is 5.82 Å². The third-order valence-electron chi connectivity index (χ3n) is 2.84. The monoisotopic (exact) mass is 267 g/mol. The first kappa shape index (κ1) is 12.4. The fourth-order valence-corrected chi connectivity index (χ4v) is 1.92. The molecule has 3 rings (SSSR count). The molecule has 6 nitrogen and oxygen atoms in total. The minimum Gasteiger partial charge on any atom is -0.395 e. The number of pyridine rings is 2. The number of nitrogens with one attached hydrogen (secondary N) is 1. The van der Waals surface area contributed by atoms with Gasteiger partial charge in [-0.25, -0.2) is 9.97 Å². The Morgan fingerprint density at radius 2 is 1.80 bits per heavy atom. The molecule has 0 saturated heterocycles. The number of aromatic nitrogens is 4. The molecule has 0 fully saturated rings. The number of aliphatic hydroxyl groups is 1. The maximum Gasteiger partial charge on any atom is 0.162 e. The van der Waals surface area contributed by atoms with Crippen molar-refractivity contribution in [3.63, 3.8) is 0 Å². The van der Waals surface area contributed by atoms with Crippen molar-refractivity contribution >= 4 is 16.7 Å². The van der Waals surface area contributed by atoms with Gasteiger partial charge in [0, 0.05) is 36.1 Å². The van der Waals surface area contributed by atoms with Crippen LogP contribution in [0.4, 0.5) is 5.82 Å². The van der Waals surface area contributed by atoms with Gasteiger partial charge in [0.2, 0.25) is 0 Å². The zero-order chi connectivity index (χ0) is 13.8. The van der Waals surface area contributed by atoms with Crippen molar-refractivity contribution in [3.05, 3.63) is 43.0 Å². The Kier molecular flexibility index (Phi) is 3.47. The normalized spacial score (nSPS) is 10.7. The molecular weight excluding hydrogens is 254 g/mol. The molecule has 0 aliphatic carbocycles. The Morgan fingerprint density at radius 1 is 1.00 bits per heavy atom. The Labute approximate surface area is 115 Å². The van der Waals surface area contributed by atoms with Gasteiger partial charge in [-0.1, -0.05) is 0 Å². The van der Waals surface area contributed by atoms with Crippen molar-refractivity contribution in [3.8, 4) is 11.4 Å². The van der Waals surface area contributed by atoms with Crippen LogP contribution >= 0.6 is 0 Å². The molecule has 0 aromatic carbocycles. The first-order chi connectivity index (χ1) is 9.88. The summed E-state index contributed by atoms with van der Waals surface area (Å²) in [5, 5.41) is 12.9. The van der Waals surface area contributed by atoms with Crippen molar-refractivity contribution < 1.29 is 5.11 Å². The van der Waals surface area contributed by atoms with Gasteiger partial charge in [-0.15, -0.1) is 0 Å². The number of aliphatic hydroxyl groups excluding tert-OH is 1. The molecule has 20 heavy (non-hydrogen) atoms. The summed E-state index contributed by atoms with van der Waals surface area (Å²) in [7, 11) is 0. The fraction of sp³-hybridized carbons (Fsp3) is 0.143. The number of fused-ring (bicyclic) bond motifs is 1. The van der Waals surface area contributed by atoms with Gasteiger partial charge in [-0.2, -0.15) is 0 Å². The van der Waals surface area contributed by atoms with Crippen LogP contribution < -0.4 is 5.32 Å². The second-order valence-electron chi connectivity index (χ2n) is 4.17. The van der Waals surface area contributed by atoms with Crippen LogP contribution in [0.25, 0.3) is 22.3 Å². The average molecular weight is 267 g/mol. The van der Waals surface area contributed by atoms with Gasteiger partial charge in [0.25, 0.3) is 0 Å². The van der Waals surface area contributed by atoms with Crippen LogP contribution in [-0.4, -0.2) is 38.2 Å². The second kappa shape index (κ2) is 5.58. The standard InChI is InChI=1S/C14H13N5O/c20-8-7-17-14-11-3-6-16-9-12(11)18-13(19-14)10-1-4-15-5-2-10/h1-6,9,20H,7-8H2,(H,17,18,19). The predicted octanol–water partition coefficient (Wildman–Crippen LogP) is 1.49. The summed E-state index contributed by atoms with van der Waals surface area (Å²) in [6.07, 6.45) is 6.80. The zero-order valence-corrected chi connectivity index (χ0v) is 10.7. The molecule has 100 valence electrons. The van der Waals surface area contributed by atoms with Crippen molar-refractivity contribution in [1.29, 1.82) is 0 Å². The summed E-state index contributed by atoms with van der Waals surface area (Å²) in [4.78, 5) is 17.1. The van der Waals surface area contributed by atoms with Gasteiger partial charge in [0.05, 0.1) is 18.3 Å². The summed E-state index contributed by atoms with van der Waals surface area (Å²) in [6, 6.07) is 5.56. The minimum absolute atomic E-state index is 0.0428. The third kappa shape index (κ3) is 2.41. The van der Waals surface area contributed by atoms with E-state index in [1.54, 1.807) is 24.8 Å². The summed E-state index contributed by atoms with van der Waals surface area (Å²) < 4.78 is 0. The predicted molar refractivity (Wildman–Crippen MR) is 76.1 cm³/mol. The van der Waals surface area contributed by atoms with Crippen LogP contribution in [0.3, 0.4) is 0 Å². The SMILES string of the molecule is OCCNc1nc(-c2ccncc2)nc2cnccc12. The van der Waals surface area contributed by atoms with E-state index in [9.17, 15) is 0 Å². The molecule has 3 heterocycles. The maximum atomic E-state index is 8.96. The van der Waals surface area contributed by atoms with Crippen LogP contribution in [0.1, 0.15) is 0 Å². The number of hydrogen-bond donors (Lipinski definition) is 2. The number of rotatable bonds is 4. The van der Waals surface area contributed by atoms with E-state index >= 15 is 0 Å². The van der Waals surface area contributed by atoms with E-state index in [0.29, 0.717) is 18.2 Å². The number of hydrogen-bond acceptors (Lipinski definition) is 6. The molecule has 0 amide bonds. The van der Waals surface area contributed by atoms with Crippen LogP contribution in [-0.2, 0) is 0 Å². The molecule has 3 aromatic heterocycles. The topological polar surface area (TPSA) is 83.8 Å². The molecular formula is C14H13N5O. The van der Waals surface area contributed by atoms with Gasteiger partial charge in [0.15, 0.2) is 5.82 Å². The molecule has 0 atom stereocenters. The Balaban J connectivity index is 2.14. The lowest BCUT2D eigenvalue weighted by Crippen LogP contribution is -2.08. The van der Waals surface area contributed by atoms with Crippen LogP contribution in [0.2, 0.25) is 0 Å².